The quantitative estimate of drug-likeness (QED) is 0.678. The minimum absolute atomic E-state index is 0.0582. The molecule has 1 aliphatic rings. The molecular formula is C13H15N5O2. The topological polar surface area (TPSA) is 99.9 Å². The summed E-state index contributed by atoms with van der Waals surface area (Å²) < 4.78 is 1.95. The van der Waals surface area contributed by atoms with Crippen LogP contribution in [0.15, 0.2) is 18.2 Å². The molecule has 7 heteroatoms. The summed E-state index contributed by atoms with van der Waals surface area (Å²) in [6.07, 6.45) is 2.08. The molecule has 7 nitrogen and oxygen atoms in total. The average molecular weight is 273 g/mol. The normalized spacial score (nSPS) is 14.5. The Hall–Kier alpha value is -2.28. The molecule has 1 aliphatic carbocycles. The Morgan fingerprint density at radius 3 is 2.80 bits per heavy atom. The van der Waals surface area contributed by atoms with Crippen LogP contribution in [0.5, 0.6) is 0 Å². The van der Waals surface area contributed by atoms with Crippen LogP contribution in [0, 0.1) is 17.0 Å². The second kappa shape index (κ2) is 4.68. The first-order chi connectivity index (χ1) is 9.63. The molecule has 0 aliphatic heterocycles. The summed E-state index contributed by atoms with van der Waals surface area (Å²) in [5, 5.41) is 19.5. The van der Waals surface area contributed by atoms with Gasteiger partial charge in [0, 0.05) is 12.1 Å². The van der Waals surface area contributed by atoms with Crippen molar-refractivity contribution in [2.45, 2.75) is 32.4 Å². The van der Waals surface area contributed by atoms with Gasteiger partial charge in [0.25, 0.3) is 5.69 Å². The Morgan fingerprint density at radius 1 is 1.45 bits per heavy atom. The maximum atomic E-state index is 11.2. The SMILES string of the molecule is Cc1cccc([N+](=O)[O-])c1-c1nnc(CN)n1C1CC1. The van der Waals surface area contributed by atoms with E-state index in [-0.39, 0.29) is 17.2 Å². The van der Waals surface area contributed by atoms with Crippen molar-refractivity contribution >= 4 is 5.69 Å². The lowest BCUT2D eigenvalue weighted by Crippen LogP contribution is -2.09. The minimum atomic E-state index is -0.379. The molecule has 2 aromatic rings. The van der Waals surface area contributed by atoms with E-state index in [2.05, 4.69) is 10.2 Å². The van der Waals surface area contributed by atoms with Crippen molar-refractivity contribution in [2.24, 2.45) is 5.73 Å². The predicted octanol–water partition coefficient (Wildman–Crippen LogP) is 1.96. The van der Waals surface area contributed by atoms with Gasteiger partial charge in [0.1, 0.15) is 5.82 Å². The smallest absolute Gasteiger partial charge is 0.280 e. The summed E-state index contributed by atoms with van der Waals surface area (Å²) in [6, 6.07) is 5.34. The minimum Gasteiger partial charge on any atom is -0.324 e. The van der Waals surface area contributed by atoms with Gasteiger partial charge in [-0.05, 0) is 25.3 Å². The monoisotopic (exact) mass is 273 g/mol. The number of nitro benzene ring substituents is 1. The van der Waals surface area contributed by atoms with Crippen LogP contribution in [0.4, 0.5) is 5.69 Å². The highest BCUT2D eigenvalue weighted by atomic mass is 16.6. The Balaban J connectivity index is 2.24. The van der Waals surface area contributed by atoms with Gasteiger partial charge in [-0.2, -0.15) is 0 Å². The molecule has 0 atom stereocenters. The third-order valence-corrected chi connectivity index (χ3v) is 3.53. The van der Waals surface area contributed by atoms with Crippen LogP contribution in [-0.4, -0.2) is 19.7 Å². The molecule has 0 amide bonds. The summed E-state index contributed by atoms with van der Waals surface area (Å²) >= 11 is 0. The lowest BCUT2D eigenvalue weighted by atomic mass is 10.1. The van der Waals surface area contributed by atoms with Crippen LogP contribution >= 0.6 is 0 Å². The lowest BCUT2D eigenvalue weighted by molar-refractivity contribution is -0.384. The Morgan fingerprint density at radius 2 is 2.20 bits per heavy atom. The number of hydrogen-bond acceptors (Lipinski definition) is 5. The maximum Gasteiger partial charge on any atom is 0.280 e. The molecule has 1 aromatic heterocycles. The summed E-state index contributed by atoms with van der Waals surface area (Å²) in [5.41, 5.74) is 7.10. The summed E-state index contributed by atoms with van der Waals surface area (Å²) in [7, 11) is 0. The fraction of sp³-hybridized carbons (Fsp3) is 0.385. The van der Waals surface area contributed by atoms with Crippen molar-refractivity contribution in [1.29, 1.82) is 0 Å². The highest BCUT2D eigenvalue weighted by Crippen LogP contribution is 2.41. The summed E-state index contributed by atoms with van der Waals surface area (Å²) in [6.45, 7) is 2.12. The zero-order valence-electron chi connectivity index (χ0n) is 11.1. The van der Waals surface area contributed by atoms with E-state index >= 15 is 0 Å². The third-order valence-electron chi connectivity index (χ3n) is 3.53. The molecular weight excluding hydrogens is 258 g/mol. The zero-order chi connectivity index (χ0) is 14.3. The third kappa shape index (κ3) is 1.96. The van der Waals surface area contributed by atoms with Crippen molar-refractivity contribution < 1.29 is 4.92 Å². The number of aryl methyl sites for hydroxylation is 1. The van der Waals surface area contributed by atoms with Crippen molar-refractivity contribution in [1.82, 2.24) is 14.8 Å². The fourth-order valence-electron chi connectivity index (χ4n) is 2.45. The summed E-state index contributed by atoms with van der Waals surface area (Å²) in [5.74, 6) is 1.23. The van der Waals surface area contributed by atoms with Crippen molar-refractivity contribution in [2.75, 3.05) is 0 Å². The zero-order valence-corrected chi connectivity index (χ0v) is 11.1. The largest absolute Gasteiger partial charge is 0.324 e. The molecule has 0 radical (unpaired) electrons. The second-order valence-corrected chi connectivity index (χ2v) is 4.97. The van der Waals surface area contributed by atoms with E-state index in [0.29, 0.717) is 23.3 Å². The maximum absolute atomic E-state index is 11.2. The number of aromatic nitrogens is 3. The molecule has 0 unspecified atom stereocenters. The van der Waals surface area contributed by atoms with Crippen molar-refractivity contribution in [3.05, 3.63) is 39.7 Å². The van der Waals surface area contributed by atoms with Crippen molar-refractivity contribution in [3.63, 3.8) is 0 Å². The van der Waals surface area contributed by atoms with Crippen LogP contribution in [0.25, 0.3) is 11.4 Å². The molecule has 20 heavy (non-hydrogen) atoms. The van der Waals surface area contributed by atoms with Crippen LogP contribution in [-0.2, 0) is 6.54 Å². The highest BCUT2D eigenvalue weighted by Gasteiger charge is 2.32. The Bertz CT molecular complexity index is 675. The molecule has 0 bridgehead atoms. The average Bonchev–Trinajstić information content (AvgIpc) is 3.18. The van der Waals surface area contributed by atoms with Crippen LogP contribution in [0.1, 0.15) is 30.3 Å². The fourth-order valence-corrected chi connectivity index (χ4v) is 2.45. The van der Waals surface area contributed by atoms with Gasteiger partial charge in [-0.3, -0.25) is 10.1 Å². The molecule has 1 saturated carbocycles. The van der Waals surface area contributed by atoms with E-state index in [9.17, 15) is 10.1 Å². The molecule has 1 fully saturated rings. The van der Waals surface area contributed by atoms with Gasteiger partial charge in [0.05, 0.1) is 17.0 Å². The number of nitrogens with two attached hydrogens (primary N) is 1. The lowest BCUT2D eigenvalue weighted by Gasteiger charge is -2.10. The second-order valence-electron chi connectivity index (χ2n) is 4.97. The number of hydrogen-bond donors (Lipinski definition) is 1. The standard InChI is InChI=1S/C13H15N5O2/c1-8-3-2-4-10(18(19)20)12(8)13-16-15-11(7-14)17(13)9-5-6-9/h2-4,9H,5-7,14H2,1H3. The van der Waals surface area contributed by atoms with E-state index in [1.54, 1.807) is 6.07 Å². The number of benzene rings is 1. The first kappa shape index (κ1) is 12.7. The van der Waals surface area contributed by atoms with E-state index in [1.807, 2.05) is 17.6 Å². The Labute approximate surface area is 115 Å². The predicted molar refractivity (Wildman–Crippen MR) is 73.0 cm³/mol. The van der Waals surface area contributed by atoms with Crippen molar-refractivity contribution in [3.8, 4) is 11.4 Å². The molecule has 2 N–H and O–H groups in total. The van der Waals surface area contributed by atoms with E-state index < -0.39 is 0 Å². The van der Waals surface area contributed by atoms with Gasteiger partial charge in [0.15, 0.2) is 5.82 Å². The number of nitro groups is 1. The van der Waals surface area contributed by atoms with E-state index in [0.717, 1.165) is 18.4 Å². The first-order valence-electron chi connectivity index (χ1n) is 6.51. The highest BCUT2D eigenvalue weighted by molar-refractivity contribution is 5.72. The molecule has 3 rings (SSSR count). The Kier molecular flexibility index (Phi) is 2.98. The van der Waals surface area contributed by atoms with E-state index in [4.69, 9.17) is 5.73 Å². The molecule has 0 spiro atoms. The molecule has 1 heterocycles. The van der Waals surface area contributed by atoms with Gasteiger partial charge in [-0.15, -0.1) is 10.2 Å². The van der Waals surface area contributed by atoms with Crippen LogP contribution in [0.3, 0.4) is 0 Å². The van der Waals surface area contributed by atoms with Gasteiger partial charge >= 0.3 is 0 Å². The molecule has 0 saturated heterocycles. The number of nitrogens with zero attached hydrogens (tertiary/aromatic N) is 4. The van der Waals surface area contributed by atoms with Gasteiger partial charge < -0.3 is 10.3 Å². The van der Waals surface area contributed by atoms with Gasteiger partial charge in [-0.25, -0.2) is 0 Å². The summed E-state index contributed by atoms with van der Waals surface area (Å²) in [4.78, 5) is 10.9. The number of rotatable bonds is 4. The van der Waals surface area contributed by atoms with Crippen LogP contribution < -0.4 is 5.73 Å². The molecule has 1 aromatic carbocycles. The first-order valence-corrected chi connectivity index (χ1v) is 6.51. The van der Waals surface area contributed by atoms with Crippen LogP contribution in [0.2, 0.25) is 0 Å². The van der Waals surface area contributed by atoms with Gasteiger partial charge in [0.2, 0.25) is 0 Å². The molecule has 104 valence electrons. The van der Waals surface area contributed by atoms with Gasteiger partial charge in [-0.1, -0.05) is 12.1 Å². The van der Waals surface area contributed by atoms with E-state index in [1.165, 1.54) is 6.07 Å².